The maximum absolute atomic E-state index is 12.2. The van der Waals surface area contributed by atoms with Gasteiger partial charge in [0.05, 0.1) is 5.92 Å². The molecule has 3 rings (SSSR count). The lowest BCUT2D eigenvalue weighted by atomic mass is 9.99. The Hall–Kier alpha value is -1.43. The monoisotopic (exact) mass is 344 g/mol. The van der Waals surface area contributed by atoms with Gasteiger partial charge in [0.2, 0.25) is 5.91 Å². The second-order valence-electron chi connectivity index (χ2n) is 7.41. The van der Waals surface area contributed by atoms with Crippen LogP contribution >= 0.6 is 0 Å². The minimum absolute atomic E-state index is 0.162. The Morgan fingerprint density at radius 1 is 1.28 bits per heavy atom. The van der Waals surface area contributed by atoms with E-state index >= 15 is 0 Å². The Labute approximate surface area is 151 Å². The van der Waals surface area contributed by atoms with Crippen LogP contribution in [0.3, 0.4) is 0 Å². The summed E-state index contributed by atoms with van der Waals surface area (Å²) in [5, 5.41) is 6.45. The molecular weight excluding hydrogens is 312 g/mol. The molecule has 2 aliphatic rings. The minimum Gasteiger partial charge on any atom is -0.356 e. The number of nitrogens with zero attached hydrogens (tertiary/aromatic N) is 2. The maximum atomic E-state index is 12.2. The van der Waals surface area contributed by atoms with Crippen molar-refractivity contribution in [2.45, 2.75) is 25.3 Å². The predicted molar refractivity (Wildman–Crippen MR) is 101 cm³/mol. The third-order valence-electron chi connectivity index (χ3n) is 5.47. The summed E-state index contributed by atoms with van der Waals surface area (Å²) in [4.78, 5) is 17.2. The number of piperidine rings is 1. The predicted octanol–water partition coefficient (Wildman–Crippen LogP) is 1.48. The van der Waals surface area contributed by atoms with Crippen LogP contribution in [0.15, 0.2) is 30.3 Å². The Bertz CT molecular complexity index is 530. The second-order valence-corrected chi connectivity index (χ2v) is 7.41. The molecule has 5 nitrogen and oxygen atoms in total. The van der Waals surface area contributed by atoms with Gasteiger partial charge in [-0.15, -0.1) is 0 Å². The smallest absolute Gasteiger partial charge is 0.224 e. The molecule has 0 bridgehead atoms. The van der Waals surface area contributed by atoms with E-state index in [9.17, 15) is 4.79 Å². The van der Waals surface area contributed by atoms with Gasteiger partial charge in [0.1, 0.15) is 0 Å². The van der Waals surface area contributed by atoms with E-state index in [-0.39, 0.29) is 11.8 Å². The Kier molecular flexibility index (Phi) is 6.84. The highest BCUT2D eigenvalue weighted by atomic mass is 16.1. The molecule has 2 atom stereocenters. The van der Waals surface area contributed by atoms with Crippen LogP contribution in [0.25, 0.3) is 0 Å². The molecule has 1 aromatic rings. The molecule has 138 valence electrons. The standard InChI is InChI=1S/C20H32N4O/c1-23-13-14-24(19(16-23)17-7-3-2-4-8-17)12-6-11-22-20(25)18-9-5-10-21-15-18/h2-4,7-8,18-19,21H,5-6,9-16H2,1H3,(H,22,25). The van der Waals surface area contributed by atoms with E-state index < -0.39 is 0 Å². The molecule has 1 aromatic carbocycles. The Morgan fingerprint density at radius 3 is 2.88 bits per heavy atom. The van der Waals surface area contributed by atoms with Crippen molar-refractivity contribution in [3.8, 4) is 0 Å². The molecule has 0 aliphatic carbocycles. The number of benzene rings is 1. The maximum Gasteiger partial charge on any atom is 0.224 e. The van der Waals surface area contributed by atoms with Crippen LogP contribution < -0.4 is 10.6 Å². The fraction of sp³-hybridized carbons (Fsp3) is 0.650. The lowest BCUT2D eigenvalue weighted by molar-refractivity contribution is -0.125. The summed E-state index contributed by atoms with van der Waals surface area (Å²) in [6, 6.07) is 11.2. The van der Waals surface area contributed by atoms with Crippen LogP contribution in [0, 0.1) is 5.92 Å². The van der Waals surface area contributed by atoms with Gasteiger partial charge < -0.3 is 15.5 Å². The molecular formula is C20H32N4O. The number of hydrogen-bond acceptors (Lipinski definition) is 4. The molecule has 0 spiro atoms. The summed E-state index contributed by atoms with van der Waals surface area (Å²) in [6.45, 7) is 6.98. The van der Waals surface area contributed by atoms with Crippen molar-refractivity contribution in [1.29, 1.82) is 0 Å². The van der Waals surface area contributed by atoms with Crippen LogP contribution in [0.5, 0.6) is 0 Å². The first kappa shape index (κ1) is 18.4. The summed E-state index contributed by atoms with van der Waals surface area (Å²) in [5.74, 6) is 0.389. The SMILES string of the molecule is CN1CCN(CCCNC(=O)C2CCCNC2)C(c2ccccc2)C1. The second kappa shape index (κ2) is 9.32. The quantitative estimate of drug-likeness (QED) is 0.768. The van der Waals surface area contributed by atoms with Crippen molar-refractivity contribution < 1.29 is 4.79 Å². The minimum atomic E-state index is 0.162. The van der Waals surface area contributed by atoms with Crippen LogP contribution in [0.4, 0.5) is 0 Å². The van der Waals surface area contributed by atoms with E-state index in [1.165, 1.54) is 5.56 Å². The van der Waals surface area contributed by atoms with Gasteiger partial charge in [-0.3, -0.25) is 9.69 Å². The van der Waals surface area contributed by atoms with Gasteiger partial charge in [-0.05, 0) is 38.4 Å². The van der Waals surface area contributed by atoms with Crippen molar-refractivity contribution in [3.05, 3.63) is 35.9 Å². The number of carbonyl (C=O) groups is 1. The summed E-state index contributed by atoms with van der Waals surface area (Å²) in [6.07, 6.45) is 3.14. The molecule has 2 saturated heterocycles. The Balaban J connectivity index is 1.45. The molecule has 0 radical (unpaired) electrons. The molecule has 5 heteroatoms. The fourth-order valence-corrected chi connectivity index (χ4v) is 3.93. The molecule has 0 aromatic heterocycles. The Morgan fingerprint density at radius 2 is 2.12 bits per heavy atom. The van der Waals surface area contributed by atoms with E-state index in [0.717, 1.165) is 65.1 Å². The van der Waals surface area contributed by atoms with Crippen molar-refractivity contribution in [2.24, 2.45) is 5.92 Å². The van der Waals surface area contributed by atoms with Crippen LogP contribution in [0.1, 0.15) is 30.9 Å². The first-order valence-corrected chi connectivity index (χ1v) is 9.70. The number of nitrogens with one attached hydrogen (secondary N) is 2. The zero-order valence-corrected chi connectivity index (χ0v) is 15.4. The molecule has 25 heavy (non-hydrogen) atoms. The largest absolute Gasteiger partial charge is 0.356 e. The highest BCUT2D eigenvalue weighted by Gasteiger charge is 2.26. The number of likely N-dealkylation sites (N-methyl/N-ethyl adjacent to an activating group) is 1. The zero-order chi connectivity index (χ0) is 17.5. The first-order valence-electron chi connectivity index (χ1n) is 9.70. The average Bonchev–Trinajstić information content (AvgIpc) is 2.67. The topological polar surface area (TPSA) is 47.6 Å². The van der Waals surface area contributed by atoms with Crippen LogP contribution in [0.2, 0.25) is 0 Å². The van der Waals surface area contributed by atoms with Crippen LogP contribution in [-0.2, 0) is 4.79 Å². The molecule has 2 aliphatic heterocycles. The van der Waals surface area contributed by atoms with Gasteiger partial charge >= 0.3 is 0 Å². The molecule has 2 N–H and O–H groups in total. The van der Waals surface area contributed by atoms with Gasteiger partial charge in [0.25, 0.3) is 0 Å². The van der Waals surface area contributed by atoms with Crippen molar-refractivity contribution in [1.82, 2.24) is 20.4 Å². The molecule has 1 amide bonds. The lowest BCUT2D eigenvalue weighted by Crippen LogP contribution is -2.47. The van der Waals surface area contributed by atoms with Crippen LogP contribution in [-0.4, -0.2) is 68.6 Å². The van der Waals surface area contributed by atoms with Crippen molar-refractivity contribution >= 4 is 5.91 Å². The first-order chi connectivity index (χ1) is 12.2. The summed E-state index contributed by atoms with van der Waals surface area (Å²) < 4.78 is 0. The van der Waals surface area contributed by atoms with Gasteiger partial charge in [0, 0.05) is 45.3 Å². The van der Waals surface area contributed by atoms with Gasteiger partial charge in [-0.25, -0.2) is 0 Å². The van der Waals surface area contributed by atoms with E-state index in [4.69, 9.17) is 0 Å². The van der Waals surface area contributed by atoms with Gasteiger partial charge in [-0.2, -0.15) is 0 Å². The molecule has 2 fully saturated rings. The third kappa shape index (κ3) is 5.27. The number of rotatable bonds is 6. The number of piperazine rings is 1. The van der Waals surface area contributed by atoms with Gasteiger partial charge in [-0.1, -0.05) is 30.3 Å². The number of hydrogen-bond donors (Lipinski definition) is 2. The van der Waals surface area contributed by atoms with Crippen molar-refractivity contribution in [3.63, 3.8) is 0 Å². The van der Waals surface area contributed by atoms with Gasteiger partial charge in [0.15, 0.2) is 0 Å². The lowest BCUT2D eigenvalue weighted by Gasteiger charge is -2.40. The zero-order valence-electron chi connectivity index (χ0n) is 15.4. The average molecular weight is 345 g/mol. The van der Waals surface area contributed by atoms with E-state index in [1.807, 2.05) is 0 Å². The summed E-state index contributed by atoms with van der Waals surface area (Å²) in [7, 11) is 2.20. The number of carbonyl (C=O) groups excluding carboxylic acids is 1. The van der Waals surface area contributed by atoms with E-state index in [2.05, 4.69) is 57.8 Å². The summed E-state index contributed by atoms with van der Waals surface area (Å²) >= 11 is 0. The molecule has 0 saturated carbocycles. The summed E-state index contributed by atoms with van der Waals surface area (Å²) in [5.41, 5.74) is 1.39. The van der Waals surface area contributed by atoms with Crippen molar-refractivity contribution in [2.75, 3.05) is 52.9 Å². The van der Waals surface area contributed by atoms with E-state index in [0.29, 0.717) is 6.04 Å². The van der Waals surface area contributed by atoms with E-state index in [1.54, 1.807) is 0 Å². The number of amides is 1. The molecule has 2 heterocycles. The fourth-order valence-electron chi connectivity index (χ4n) is 3.93. The highest BCUT2D eigenvalue weighted by Crippen LogP contribution is 2.24. The normalized spacial score (nSPS) is 25.6. The highest BCUT2D eigenvalue weighted by molar-refractivity contribution is 5.78. The molecule has 2 unspecified atom stereocenters. The third-order valence-corrected chi connectivity index (χ3v) is 5.47.